The number of carbonyl (C=O) groups is 7. The van der Waals surface area contributed by atoms with Gasteiger partial charge in [0.05, 0.1) is 43.8 Å². The maximum Gasteiger partial charge on any atom is 0.347 e. The molecule has 2 aromatic heterocycles. The quantitative estimate of drug-likeness (QED) is 0.0711. The van der Waals surface area contributed by atoms with Crippen LogP contribution in [-0.4, -0.2) is 191 Å². The second-order valence-corrected chi connectivity index (χ2v) is 23.7. The Morgan fingerprint density at radius 1 is 0.853 bits per heavy atom. The molecule has 422 valence electrons. The van der Waals surface area contributed by atoms with Crippen molar-refractivity contribution in [3.63, 3.8) is 0 Å². The fourth-order valence-electron chi connectivity index (χ4n) is 7.06. The van der Waals surface area contributed by atoms with E-state index in [1.165, 1.54) is 25.9 Å². The maximum absolute atomic E-state index is 13.8. The van der Waals surface area contributed by atoms with E-state index in [2.05, 4.69) is 14.1 Å². The molecule has 3 N–H and O–H groups in total. The van der Waals surface area contributed by atoms with Gasteiger partial charge in [-0.15, -0.1) is 15.7 Å². The topological polar surface area (TPSA) is 344 Å². The largest absolute Gasteiger partial charge is 0.470 e. The molecule has 75 heavy (non-hydrogen) atoms. The maximum atomic E-state index is 13.8. The van der Waals surface area contributed by atoms with Crippen LogP contribution in [0.2, 0.25) is 0 Å². The van der Waals surface area contributed by atoms with Crippen LogP contribution in [0.15, 0.2) is 14.5 Å². The number of esters is 6. The zero-order valence-corrected chi connectivity index (χ0v) is 46.7. The molecule has 1 saturated heterocycles. The van der Waals surface area contributed by atoms with Crippen LogP contribution in [0.3, 0.4) is 0 Å². The van der Waals surface area contributed by atoms with Crippen molar-refractivity contribution < 1.29 is 93.0 Å². The number of carbonyl (C=O) groups excluding carboxylic acids is 7. The Bertz CT molecular complexity index is 2550. The minimum atomic E-state index is -4.34. The molecule has 1 amide bonds. The van der Waals surface area contributed by atoms with Crippen LogP contribution in [0.5, 0.6) is 5.88 Å². The van der Waals surface area contributed by atoms with Gasteiger partial charge in [-0.25, -0.2) is 41.2 Å². The number of nitrogens with zero attached hydrogens (tertiary/aromatic N) is 5. The lowest BCUT2D eigenvalue weighted by atomic mass is 10.1. The molecule has 2 aromatic rings. The van der Waals surface area contributed by atoms with Gasteiger partial charge in [-0.1, -0.05) is 0 Å². The second kappa shape index (κ2) is 27.8. The predicted molar refractivity (Wildman–Crippen MR) is 264 cm³/mol. The van der Waals surface area contributed by atoms with Gasteiger partial charge < -0.3 is 57.7 Å². The van der Waals surface area contributed by atoms with E-state index in [4.69, 9.17) is 47.8 Å². The van der Waals surface area contributed by atoms with Crippen molar-refractivity contribution in [1.29, 1.82) is 0 Å². The number of ether oxygens (including phenoxy) is 9. The highest BCUT2D eigenvalue weighted by atomic mass is 32.3. The monoisotopic (exact) mass is 1140 g/mol. The van der Waals surface area contributed by atoms with E-state index in [0.717, 1.165) is 42.9 Å². The number of anilines is 1. The van der Waals surface area contributed by atoms with E-state index < -0.39 is 121 Å². The Labute approximate surface area is 443 Å². The Balaban J connectivity index is 1.23. The molecule has 27 nitrogen and oxygen atoms in total. The third kappa shape index (κ3) is 18.2. The van der Waals surface area contributed by atoms with Crippen LogP contribution in [0, 0.1) is 0 Å². The van der Waals surface area contributed by atoms with Gasteiger partial charge in [0.25, 0.3) is 21.8 Å². The Morgan fingerprint density at radius 3 is 1.91 bits per heavy atom. The third-order valence-corrected chi connectivity index (χ3v) is 16.5. The third-order valence-electron chi connectivity index (χ3n) is 11.1. The van der Waals surface area contributed by atoms with E-state index in [1.807, 2.05) is 25.7 Å². The SMILES string of the molecule is CCN(C(=O)C(C)OC(=O)C(C)OC(=O)C(C)OC(=O)C(C)OC(=O)C(C)OC(=O)CCC(=O)OC(CNC(C)(C)C)COc1nsnc1N1CCOCC1)[C@@H]1CN(CCCOC)S(=O)(=O)c2sc(S(N)(=O)=O)cc21. The molecule has 7 atom stereocenters. The molecule has 0 aromatic carbocycles. The summed E-state index contributed by atoms with van der Waals surface area (Å²) in [4.78, 5) is 94.1. The van der Waals surface area contributed by atoms with Crippen LogP contribution in [0.1, 0.15) is 93.2 Å². The Kier molecular flexibility index (Phi) is 23.1. The summed E-state index contributed by atoms with van der Waals surface area (Å²) in [5, 5.41) is 8.59. The number of nitrogens with one attached hydrogen (secondary N) is 1. The van der Waals surface area contributed by atoms with E-state index in [-0.39, 0.29) is 67.0 Å². The fraction of sp³-hybridized carbons (Fsp3) is 0.705. The molecule has 2 aliphatic heterocycles. The molecule has 0 bridgehead atoms. The van der Waals surface area contributed by atoms with Gasteiger partial charge >= 0.3 is 35.8 Å². The van der Waals surface area contributed by atoms with Gasteiger partial charge in [0.15, 0.2) is 30.5 Å². The lowest BCUT2D eigenvalue weighted by Crippen LogP contribution is -2.50. The van der Waals surface area contributed by atoms with E-state index in [1.54, 1.807) is 6.92 Å². The number of methoxy groups -OCH3 is 1. The highest BCUT2D eigenvalue weighted by Gasteiger charge is 2.44. The highest BCUT2D eigenvalue weighted by molar-refractivity contribution is 7.94. The molecule has 2 aliphatic rings. The van der Waals surface area contributed by atoms with Gasteiger partial charge in [0, 0.05) is 64.1 Å². The zero-order valence-electron chi connectivity index (χ0n) is 43.4. The number of rotatable bonds is 27. The van der Waals surface area contributed by atoms with Crippen LogP contribution in [0.25, 0.3) is 0 Å². The number of primary sulfonamides is 1. The molecule has 1 fully saturated rings. The van der Waals surface area contributed by atoms with Crippen molar-refractivity contribution in [2.45, 2.75) is 138 Å². The number of sulfonamides is 2. The number of nitrogens with two attached hydrogens (primary N) is 1. The van der Waals surface area contributed by atoms with Crippen molar-refractivity contribution in [1.82, 2.24) is 23.3 Å². The lowest BCUT2D eigenvalue weighted by Gasteiger charge is -2.39. The number of aromatic nitrogens is 2. The first-order valence-electron chi connectivity index (χ1n) is 23.8. The first kappa shape index (κ1) is 62.4. The number of fused-ring (bicyclic) bond motifs is 1. The summed E-state index contributed by atoms with van der Waals surface area (Å²) in [6.07, 6.45) is -9.44. The Hall–Kier alpha value is -5.15. The van der Waals surface area contributed by atoms with Gasteiger partial charge in [-0.2, -0.15) is 8.68 Å². The number of morpholine rings is 1. The minimum absolute atomic E-state index is 0.0162. The Morgan fingerprint density at radius 2 is 1.39 bits per heavy atom. The number of likely N-dealkylation sites (N-methyl/N-ethyl adjacent to an activating group) is 1. The molecule has 31 heteroatoms. The fourth-order valence-corrected chi connectivity index (χ4v) is 11.9. The summed E-state index contributed by atoms with van der Waals surface area (Å²) in [5.41, 5.74) is -0.320. The van der Waals surface area contributed by atoms with Gasteiger partial charge in [-0.3, -0.25) is 14.4 Å². The van der Waals surface area contributed by atoms with Crippen molar-refractivity contribution in [3.8, 4) is 5.88 Å². The number of amides is 1. The van der Waals surface area contributed by atoms with Crippen LogP contribution >= 0.6 is 23.1 Å². The summed E-state index contributed by atoms with van der Waals surface area (Å²) in [6, 6.07) is 0.0769. The average molecular weight is 1140 g/mol. The molecule has 4 heterocycles. The van der Waals surface area contributed by atoms with Crippen LogP contribution in [0.4, 0.5) is 5.82 Å². The smallest absolute Gasteiger partial charge is 0.347 e. The number of hydrogen-bond donors (Lipinski definition) is 2. The van der Waals surface area contributed by atoms with Crippen molar-refractivity contribution in [3.05, 3.63) is 11.6 Å². The molecule has 6 unspecified atom stereocenters. The van der Waals surface area contributed by atoms with Gasteiger partial charge in [0.1, 0.15) is 21.1 Å². The standard InChI is InChI=1S/C44H67N7O20S4/c1-11-51(32-23-50(15-12-18-63-10)75(61,62)43-31(32)21-35(72-43)74(45,59)60)38(54)25(2)67-40(56)27(4)69-42(58)29(6)70-41(57)28(5)68-39(55)26(3)66-33(52)13-14-34(53)71-30(22-46-44(7,8)9)24-65-37-36(47-73-48-37)49-16-19-64-20-17-49/h21,25-30,32,46H,11-20,22-24H2,1-10H3,(H2,45,59,60)/t25?,26?,27?,28?,29?,30?,32-/m1/s1. The van der Waals surface area contributed by atoms with Crippen LogP contribution in [-0.2, 0) is 91.5 Å². The van der Waals surface area contributed by atoms with Crippen molar-refractivity contribution in [2.75, 3.05) is 77.7 Å². The van der Waals surface area contributed by atoms with E-state index in [9.17, 15) is 50.4 Å². The van der Waals surface area contributed by atoms with E-state index >= 15 is 0 Å². The van der Waals surface area contributed by atoms with Crippen LogP contribution < -0.4 is 20.1 Å². The summed E-state index contributed by atoms with van der Waals surface area (Å²) in [7, 11) is -7.10. The normalized spacial score (nSPS) is 18.2. The summed E-state index contributed by atoms with van der Waals surface area (Å²) < 4.78 is 108. The second-order valence-electron chi connectivity index (χ2n) is 18.2. The summed E-state index contributed by atoms with van der Waals surface area (Å²) >= 11 is 1.43. The first-order valence-corrected chi connectivity index (χ1v) is 28.3. The number of hydrogen-bond acceptors (Lipinski definition) is 26. The van der Waals surface area contributed by atoms with Crippen molar-refractivity contribution in [2.24, 2.45) is 5.14 Å². The molecule has 4 rings (SSSR count). The highest BCUT2D eigenvalue weighted by Crippen LogP contribution is 2.42. The van der Waals surface area contributed by atoms with Gasteiger partial charge in [-0.05, 0) is 74.8 Å². The average Bonchev–Trinajstić information content (AvgIpc) is 4.02. The lowest BCUT2D eigenvalue weighted by molar-refractivity contribution is -0.186. The minimum Gasteiger partial charge on any atom is -0.470 e. The van der Waals surface area contributed by atoms with Crippen molar-refractivity contribution >= 4 is 90.7 Å². The summed E-state index contributed by atoms with van der Waals surface area (Å²) in [6.45, 7) is 15.4. The van der Waals surface area contributed by atoms with E-state index in [0.29, 0.717) is 43.5 Å². The molecular weight excluding hydrogens is 1070 g/mol. The summed E-state index contributed by atoms with van der Waals surface area (Å²) in [5.74, 6) is -6.46. The number of thiophene rings is 1. The molecule has 0 radical (unpaired) electrons. The molecular formula is C44H67N7O20S4. The van der Waals surface area contributed by atoms with Gasteiger partial charge in [0.2, 0.25) is 15.8 Å². The zero-order chi connectivity index (χ0) is 56.0. The molecule has 0 aliphatic carbocycles. The molecule has 0 saturated carbocycles. The molecule has 0 spiro atoms. The first-order chi connectivity index (χ1) is 35.1. The predicted octanol–water partition coefficient (Wildman–Crippen LogP) is 0.832.